The van der Waals surface area contributed by atoms with Gasteiger partial charge in [0.15, 0.2) is 0 Å². The Kier molecular flexibility index (Phi) is 6.08. The van der Waals surface area contributed by atoms with E-state index in [4.69, 9.17) is 0 Å². The second-order valence-electron chi connectivity index (χ2n) is 8.56. The molecule has 3 aromatic carbocycles. The Morgan fingerprint density at radius 1 is 0.973 bits per heavy atom. The van der Waals surface area contributed by atoms with Crippen molar-refractivity contribution in [1.82, 2.24) is 19.7 Å². The molecule has 0 bridgehead atoms. The van der Waals surface area contributed by atoms with Crippen LogP contribution in [0, 0.1) is 6.92 Å². The summed E-state index contributed by atoms with van der Waals surface area (Å²) in [5.74, 6) is -0.0616. The van der Waals surface area contributed by atoms with E-state index in [9.17, 15) is 18.0 Å². The second kappa shape index (κ2) is 9.38. The summed E-state index contributed by atoms with van der Waals surface area (Å²) in [5, 5.41) is 10.6. The Balaban J connectivity index is 1.40. The van der Waals surface area contributed by atoms with E-state index in [0.717, 1.165) is 45.4 Å². The van der Waals surface area contributed by atoms with Gasteiger partial charge in [0, 0.05) is 36.1 Å². The standard InChI is InChI=1S/C27H21F3N6O/c1-16-6-7-18(25(37)33-21-5-3-4-20(12-21)27(28,29)30)11-23(16)17-8-9-24-19(10-17)13-31-26(35-24)34-22-14-32-36(2)15-22/h3-15H,1-2H3,(H,33,37)(H,31,34,35). The van der Waals surface area contributed by atoms with Crippen molar-refractivity contribution in [3.8, 4) is 11.1 Å². The lowest BCUT2D eigenvalue weighted by molar-refractivity contribution is -0.137. The highest BCUT2D eigenvalue weighted by atomic mass is 19.4. The van der Waals surface area contributed by atoms with Crippen molar-refractivity contribution in [1.29, 1.82) is 0 Å². The Morgan fingerprint density at radius 3 is 2.57 bits per heavy atom. The molecule has 2 N–H and O–H groups in total. The van der Waals surface area contributed by atoms with Crippen LogP contribution in [-0.2, 0) is 13.2 Å². The molecule has 5 rings (SSSR count). The zero-order chi connectivity index (χ0) is 26.2. The first kappa shape index (κ1) is 24.0. The van der Waals surface area contributed by atoms with Crippen molar-refractivity contribution in [2.75, 3.05) is 10.6 Å². The maximum absolute atomic E-state index is 13.0. The molecule has 186 valence electrons. The molecule has 0 radical (unpaired) electrons. The molecule has 0 saturated heterocycles. The van der Waals surface area contributed by atoms with Gasteiger partial charge < -0.3 is 10.6 Å². The van der Waals surface area contributed by atoms with Gasteiger partial charge in [-0.3, -0.25) is 9.48 Å². The first-order valence-corrected chi connectivity index (χ1v) is 11.3. The monoisotopic (exact) mass is 502 g/mol. The van der Waals surface area contributed by atoms with E-state index in [1.807, 2.05) is 38.4 Å². The number of carbonyl (C=O) groups is 1. The average molecular weight is 503 g/mol. The Labute approximate surface area is 210 Å². The Bertz CT molecular complexity index is 1630. The van der Waals surface area contributed by atoms with Gasteiger partial charge in [0.25, 0.3) is 5.91 Å². The van der Waals surface area contributed by atoms with Crippen LogP contribution in [0.1, 0.15) is 21.5 Å². The van der Waals surface area contributed by atoms with Gasteiger partial charge in [-0.25, -0.2) is 9.97 Å². The van der Waals surface area contributed by atoms with Crippen molar-refractivity contribution in [2.24, 2.45) is 7.05 Å². The Hall–Kier alpha value is -4.73. The van der Waals surface area contributed by atoms with E-state index in [2.05, 4.69) is 25.7 Å². The lowest BCUT2D eigenvalue weighted by Gasteiger charge is -2.12. The highest BCUT2D eigenvalue weighted by Crippen LogP contribution is 2.31. The molecule has 2 aromatic heterocycles. The molecule has 2 heterocycles. The molecule has 1 amide bonds. The first-order chi connectivity index (χ1) is 17.7. The number of anilines is 3. The number of hydrogen-bond acceptors (Lipinski definition) is 5. The number of carbonyl (C=O) groups excluding carboxylic acids is 1. The Morgan fingerprint density at radius 2 is 1.81 bits per heavy atom. The van der Waals surface area contributed by atoms with Crippen molar-refractivity contribution >= 4 is 34.1 Å². The third-order valence-corrected chi connectivity index (χ3v) is 5.80. The predicted octanol–water partition coefficient (Wildman–Crippen LogP) is 6.35. The van der Waals surface area contributed by atoms with Gasteiger partial charge in [0.2, 0.25) is 5.95 Å². The summed E-state index contributed by atoms with van der Waals surface area (Å²) in [7, 11) is 1.82. The van der Waals surface area contributed by atoms with Gasteiger partial charge in [-0.1, -0.05) is 18.2 Å². The van der Waals surface area contributed by atoms with E-state index in [1.54, 1.807) is 35.3 Å². The number of aryl methyl sites for hydroxylation is 2. The minimum Gasteiger partial charge on any atom is -0.322 e. The SMILES string of the molecule is Cc1ccc(C(=O)Nc2cccc(C(F)(F)F)c2)cc1-c1ccc2nc(Nc3cnn(C)c3)ncc2c1. The van der Waals surface area contributed by atoms with Crippen molar-refractivity contribution in [3.63, 3.8) is 0 Å². The molecule has 0 aliphatic carbocycles. The normalized spacial score (nSPS) is 11.5. The van der Waals surface area contributed by atoms with Crippen LogP contribution in [0.2, 0.25) is 0 Å². The minimum absolute atomic E-state index is 0.0699. The summed E-state index contributed by atoms with van der Waals surface area (Å²) >= 11 is 0. The largest absolute Gasteiger partial charge is 0.416 e. The number of alkyl halides is 3. The van der Waals surface area contributed by atoms with E-state index < -0.39 is 17.6 Å². The summed E-state index contributed by atoms with van der Waals surface area (Å²) < 4.78 is 40.7. The number of halogens is 3. The van der Waals surface area contributed by atoms with Crippen molar-refractivity contribution in [2.45, 2.75) is 13.1 Å². The van der Waals surface area contributed by atoms with Crippen LogP contribution in [0.25, 0.3) is 22.0 Å². The van der Waals surface area contributed by atoms with Crippen LogP contribution in [-0.4, -0.2) is 25.7 Å². The van der Waals surface area contributed by atoms with E-state index in [0.29, 0.717) is 11.5 Å². The number of amides is 1. The van der Waals surface area contributed by atoms with Crippen molar-refractivity contribution < 1.29 is 18.0 Å². The quantitative estimate of drug-likeness (QED) is 0.292. The summed E-state index contributed by atoms with van der Waals surface area (Å²) in [6.45, 7) is 1.92. The first-order valence-electron chi connectivity index (χ1n) is 11.3. The van der Waals surface area contributed by atoms with Crippen LogP contribution < -0.4 is 10.6 Å². The lowest BCUT2D eigenvalue weighted by Crippen LogP contribution is -2.13. The topological polar surface area (TPSA) is 84.7 Å². The fraction of sp³-hybridized carbons (Fsp3) is 0.111. The summed E-state index contributed by atoms with van der Waals surface area (Å²) in [6, 6.07) is 15.4. The number of hydrogen-bond donors (Lipinski definition) is 2. The van der Waals surface area contributed by atoms with Gasteiger partial charge in [0.05, 0.1) is 23.0 Å². The molecule has 0 fully saturated rings. The molecule has 37 heavy (non-hydrogen) atoms. The molecule has 10 heteroatoms. The second-order valence-corrected chi connectivity index (χ2v) is 8.56. The fourth-order valence-corrected chi connectivity index (χ4v) is 3.93. The van der Waals surface area contributed by atoms with Crippen molar-refractivity contribution in [3.05, 3.63) is 95.9 Å². The number of nitrogens with one attached hydrogen (secondary N) is 2. The van der Waals surface area contributed by atoms with E-state index in [1.165, 1.54) is 12.1 Å². The zero-order valence-electron chi connectivity index (χ0n) is 19.8. The van der Waals surface area contributed by atoms with Gasteiger partial charge in [0.1, 0.15) is 0 Å². The molecular weight excluding hydrogens is 481 g/mol. The molecule has 0 spiro atoms. The molecule has 0 saturated carbocycles. The molecule has 0 aliphatic rings. The maximum atomic E-state index is 13.0. The predicted molar refractivity (Wildman–Crippen MR) is 136 cm³/mol. The summed E-state index contributed by atoms with van der Waals surface area (Å²) in [6.07, 6.45) is 0.711. The molecule has 0 unspecified atom stereocenters. The van der Waals surface area contributed by atoms with Gasteiger partial charge in [-0.05, 0) is 66.1 Å². The van der Waals surface area contributed by atoms with Crippen LogP contribution in [0.15, 0.2) is 79.3 Å². The van der Waals surface area contributed by atoms with Gasteiger partial charge in [-0.2, -0.15) is 18.3 Å². The third-order valence-electron chi connectivity index (χ3n) is 5.80. The number of fused-ring (bicyclic) bond motifs is 1. The molecule has 0 atom stereocenters. The molecule has 5 aromatic rings. The van der Waals surface area contributed by atoms with Crippen LogP contribution in [0.4, 0.5) is 30.5 Å². The van der Waals surface area contributed by atoms with E-state index in [-0.39, 0.29) is 5.69 Å². The summed E-state index contributed by atoms with van der Waals surface area (Å²) in [4.78, 5) is 21.8. The van der Waals surface area contributed by atoms with Crippen LogP contribution in [0.3, 0.4) is 0 Å². The molecule has 7 nitrogen and oxygen atoms in total. The average Bonchev–Trinajstić information content (AvgIpc) is 3.28. The van der Waals surface area contributed by atoms with Crippen LogP contribution in [0.5, 0.6) is 0 Å². The number of rotatable bonds is 5. The lowest BCUT2D eigenvalue weighted by atomic mass is 9.97. The minimum atomic E-state index is -4.49. The molecular formula is C27H21F3N6O. The maximum Gasteiger partial charge on any atom is 0.416 e. The van der Waals surface area contributed by atoms with Crippen LogP contribution >= 0.6 is 0 Å². The number of benzene rings is 3. The third kappa shape index (κ3) is 5.27. The van der Waals surface area contributed by atoms with Gasteiger partial charge in [-0.15, -0.1) is 0 Å². The fourth-order valence-electron chi connectivity index (χ4n) is 3.93. The number of nitrogens with zero attached hydrogens (tertiary/aromatic N) is 4. The smallest absolute Gasteiger partial charge is 0.322 e. The molecule has 0 aliphatic heterocycles. The number of aromatic nitrogens is 4. The van der Waals surface area contributed by atoms with Gasteiger partial charge >= 0.3 is 6.18 Å². The summed E-state index contributed by atoms with van der Waals surface area (Å²) in [5.41, 5.74) is 3.69. The van der Waals surface area contributed by atoms with E-state index >= 15 is 0 Å². The zero-order valence-corrected chi connectivity index (χ0v) is 19.8. The highest BCUT2D eigenvalue weighted by molar-refractivity contribution is 6.05. The highest BCUT2D eigenvalue weighted by Gasteiger charge is 2.30.